The average Bonchev–Trinajstić information content (AvgIpc) is 3.19. The summed E-state index contributed by atoms with van der Waals surface area (Å²) in [5, 5.41) is 6.64. The number of hydrogen-bond donors (Lipinski definition) is 2. The summed E-state index contributed by atoms with van der Waals surface area (Å²) in [5.74, 6) is 0.836. The fourth-order valence-corrected chi connectivity index (χ4v) is 5.11. The molecule has 23 heavy (non-hydrogen) atoms. The number of nitrogens with zero attached hydrogens (tertiary/aromatic N) is 1. The monoisotopic (exact) mass is 321 g/mol. The number of fused-ring (bicyclic) bond motifs is 1. The SMILES string of the molecule is CN(C)C(=O)C1(CNC(=O)[C@@]23CCCC[C@H]2CNC3)CCCC1. The molecule has 3 fully saturated rings. The van der Waals surface area contributed by atoms with Gasteiger partial charge in [0.05, 0.1) is 10.8 Å². The van der Waals surface area contributed by atoms with Gasteiger partial charge in [0.25, 0.3) is 0 Å². The van der Waals surface area contributed by atoms with Gasteiger partial charge in [-0.25, -0.2) is 0 Å². The van der Waals surface area contributed by atoms with Crippen LogP contribution in [-0.4, -0.2) is 50.4 Å². The summed E-state index contributed by atoms with van der Waals surface area (Å²) < 4.78 is 0. The van der Waals surface area contributed by atoms with Gasteiger partial charge in [0.15, 0.2) is 0 Å². The van der Waals surface area contributed by atoms with Crippen LogP contribution in [0, 0.1) is 16.7 Å². The van der Waals surface area contributed by atoms with Crippen molar-refractivity contribution in [3.63, 3.8) is 0 Å². The summed E-state index contributed by atoms with van der Waals surface area (Å²) in [7, 11) is 3.64. The summed E-state index contributed by atoms with van der Waals surface area (Å²) in [6.07, 6.45) is 8.51. The van der Waals surface area contributed by atoms with E-state index in [4.69, 9.17) is 0 Å². The van der Waals surface area contributed by atoms with E-state index in [0.717, 1.165) is 58.0 Å². The average molecular weight is 321 g/mol. The van der Waals surface area contributed by atoms with Crippen molar-refractivity contribution in [2.75, 3.05) is 33.7 Å². The third-order valence-electron chi connectivity index (χ3n) is 6.50. The molecule has 0 radical (unpaired) electrons. The van der Waals surface area contributed by atoms with Crippen LogP contribution in [-0.2, 0) is 9.59 Å². The van der Waals surface area contributed by atoms with Crippen LogP contribution >= 0.6 is 0 Å². The van der Waals surface area contributed by atoms with Gasteiger partial charge in [-0.2, -0.15) is 0 Å². The van der Waals surface area contributed by atoms with Crippen LogP contribution < -0.4 is 10.6 Å². The lowest BCUT2D eigenvalue weighted by Crippen LogP contribution is -2.52. The topological polar surface area (TPSA) is 61.4 Å². The molecule has 1 aliphatic heterocycles. The first kappa shape index (κ1) is 16.7. The molecule has 0 aromatic rings. The van der Waals surface area contributed by atoms with Crippen molar-refractivity contribution < 1.29 is 9.59 Å². The lowest BCUT2D eigenvalue weighted by atomic mass is 9.67. The van der Waals surface area contributed by atoms with E-state index in [-0.39, 0.29) is 22.6 Å². The van der Waals surface area contributed by atoms with E-state index < -0.39 is 0 Å². The molecule has 2 N–H and O–H groups in total. The lowest BCUT2D eigenvalue weighted by Gasteiger charge is -2.38. The van der Waals surface area contributed by atoms with E-state index >= 15 is 0 Å². The van der Waals surface area contributed by atoms with Crippen LogP contribution in [0.5, 0.6) is 0 Å². The highest BCUT2D eigenvalue weighted by molar-refractivity contribution is 5.86. The molecule has 2 amide bonds. The van der Waals surface area contributed by atoms with Gasteiger partial charge >= 0.3 is 0 Å². The Morgan fingerprint density at radius 2 is 1.83 bits per heavy atom. The smallest absolute Gasteiger partial charge is 0.230 e. The Balaban J connectivity index is 1.69. The fraction of sp³-hybridized carbons (Fsp3) is 0.889. The molecular formula is C18H31N3O2. The van der Waals surface area contributed by atoms with Crippen molar-refractivity contribution in [2.24, 2.45) is 16.7 Å². The maximum Gasteiger partial charge on any atom is 0.230 e. The molecule has 130 valence electrons. The van der Waals surface area contributed by atoms with Gasteiger partial charge in [-0.05, 0) is 38.1 Å². The molecule has 0 aromatic carbocycles. The van der Waals surface area contributed by atoms with Crippen LogP contribution in [0.3, 0.4) is 0 Å². The van der Waals surface area contributed by atoms with Gasteiger partial charge in [0.1, 0.15) is 0 Å². The maximum absolute atomic E-state index is 13.0. The van der Waals surface area contributed by atoms with Crippen LogP contribution in [0.4, 0.5) is 0 Å². The molecule has 0 aromatic heterocycles. The van der Waals surface area contributed by atoms with Gasteiger partial charge in [-0.3, -0.25) is 9.59 Å². The molecule has 0 unspecified atom stereocenters. The Hall–Kier alpha value is -1.10. The Kier molecular flexibility index (Phi) is 4.68. The molecule has 2 atom stereocenters. The zero-order chi connectivity index (χ0) is 16.5. The van der Waals surface area contributed by atoms with Crippen molar-refractivity contribution in [3.8, 4) is 0 Å². The van der Waals surface area contributed by atoms with Crippen molar-refractivity contribution >= 4 is 11.8 Å². The summed E-state index contributed by atoms with van der Waals surface area (Å²) in [6, 6.07) is 0. The second-order valence-corrected chi connectivity index (χ2v) is 8.10. The predicted molar refractivity (Wildman–Crippen MR) is 89.9 cm³/mol. The van der Waals surface area contributed by atoms with Crippen molar-refractivity contribution in [3.05, 3.63) is 0 Å². The van der Waals surface area contributed by atoms with Crippen LogP contribution in [0.1, 0.15) is 51.4 Å². The molecule has 3 rings (SSSR count). The number of hydrogen-bond acceptors (Lipinski definition) is 3. The predicted octanol–water partition coefficient (Wildman–Crippen LogP) is 1.53. The minimum absolute atomic E-state index is 0.178. The second-order valence-electron chi connectivity index (χ2n) is 8.10. The molecule has 2 saturated carbocycles. The molecule has 1 saturated heterocycles. The molecule has 1 heterocycles. The first-order chi connectivity index (χ1) is 11.0. The minimum atomic E-state index is -0.369. The highest BCUT2D eigenvalue weighted by atomic mass is 16.2. The summed E-state index contributed by atoms with van der Waals surface area (Å²) in [4.78, 5) is 27.4. The van der Waals surface area contributed by atoms with E-state index in [2.05, 4.69) is 10.6 Å². The maximum atomic E-state index is 13.0. The normalized spacial score (nSPS) is 32.3. The van der Waals surface area contributed by atoms with Gasteiger partial charge in [0, 0.05) is 27.2 Å². The quantitative estimate of drug-likeness (QED) is 0.825. The Bertz CT molecular complexity index is 471. The lowest BCUT2D eigenvalue weighted by molar-refractivity contribution is -0.141. The number of carbonyl (C=O) groups is 2. The Labute approximate surface area is 139 Å². The van der Waals surface area contributed by atoms with Crippen LogP contribution in [0.15, 0.2) is 0 Å². The molecule has 5 nitrogen and oxygen atoms in total. The third-order valence-corrected chi connectivity index (χ3v) is 6.50. The van der Waals surface area contributed by atoms with Gasteiger partial charge in [0.2, 0.25) is 11.8 Å². The van der Waals surface area contributed by atoms with Crippen LogP contribution in [0.25, 0.3) is 0 Å². The van der Waals surface area contributed by atoms with Gasteiger partial charge in [-0.1, -0.05) is 25.7 Å². The molecular weight excluding hydrogens is 290 g/mol. The molecule has 0 bridgehead atoms. The van der Waals surface area contributed by atoms with E-state index in [1.165, 1.54) is 6.42 Å². The largest absolute Gasteiger partial charge is 0.354 e. The fourth-order valence-electron chi connectivity index (χ4n) is 5.11. The summed E-state index contributed by atoms with van der Waals surface area (Å²) >= 11 is 0. The zero-order valence-corrected chi connectivity index (χ0v) is 14.6. The first-order valence-electron chi connectivity index (χ1n) is 9.21. The third kappa shape index (κ3) is 2.88. The van der Waals surface area contributed by atoms with Crippen molar-refractivity contribution in [2.45, 2.75) is 51.4 Å². The van der Waals surface area contributed by atoms with E-state index in [0.29, 0.717) is 12.5 Å². The number of rotatable bonds is 4. The van der Waals surface area contributed by atoms with Gasteiger partial charge in [-0.15, -0.1) is 0 Å². The van der Waals surface area contributed by atoms with E-state index in [1.807, 2.05) is 14.1 Å². The van der Waals surface area contributed by atoms with Crippen molar-refractivity contribution in [1.29, 1.82) is 0 Å². The van der Waals surface area contributed by atoms with Crippen LogP contribution in [0.2, 0.25) is 0 Å². The second kappa shape index (κ2) is 6.42. The molecule has 5 heteroatoms. The van der Waals surface area contributed by atoms with Crippen molar-refractivity contribution in [1.82, 2.24) is 15.5 Å². The molecule has 2 aliphatic carbocycles. The number of amides is 2. The zero-order valence-electron chi connectivity index (χ0n) is 14.6. The Morgan fingerprint density at radius 1 is 1.13 bits per heavy atom. The highest BCUT2D eigenvalue weighted by Gasteiger charge is 2.51. The molecule has 0 spiro atoms. The molecule has 3 aliphatic rings. The number of nitrogens with one attached hydrogen (secondary N) is 2. The van der Waals surface area contributed by atoms with E-state index in [1.54, 1.807) is 4.90 Å². The summed E-state index contributed by atoms with van der Waals surface area (Å²) in [6.45, 7) is 2.28. The number of carbonyl (C=O) groups excluding carboxylic acids is 2. The minimum Gasteiger partial charge on any atom is -0.354 e. The highest BCUT2D eigenvalue weighted by Crippen LogP contribution is 2.44. The standard InChI is InChI=1S/C18H31N3O2/c1-21(2)16(23)17(8-5-6-9-17)12-20-15(22)18-10-4-3-7-14(18)11-19-13-18/h14,19H,3-13H2,1-2H3,(H,20,22)/t14-,18+/m0/s1. The van der Waals surface area contributed by atoms with Gasteiger partial charge < -0.3 is 15.5 Å². The summed E-state index contributed by atoms with van der Waals surface area (Å²) in [5.41, 5.74) is -0.592. The van der Waals surface area contributed by atoms with E-state index in [9.17, 15) is 9.59 Å². The first-order valence-corrected chi connectivity index (χ1v) is 9.21. The Morgan fingerprint density at radius 3 is 2.52 bits per heavy atom.